The van der Waals surface area contributed by atoms with Crippen LogP contribution in [-0.4, -0.2) is 41.7 Å². The molecule has 1 aliphatic carbocycles. The highest BCUT2D eigenvalue weighted by molar-refractivity contribution is 7.99. The van der Waals surface area contributed by atoms with Crippen molar-refractivity contribution in [2.75, 3.05) is 12.9 Å². The number of ether oxygens (including phenoxy) is 1. The van der Waals surface area contributed by atoms with Gasteiger partial charge in [0.15, 0.2) is 0 Å². The Bertz CT molecular complexity index is 899. The molecule has 1 saturated carbocycles. The van der Waals surface area contributed by atoms with Crippen LogP contribution in [0.2, 0.25) is 5.02 Å². The second kappa shape index (κ2) is 12.9. The molecular weight excluding hydrogens is 456 g/mol. The quantitative estimate of drug-likeness (QED) is 0.325. The van der Waals surface area contributed by atoms with E-state index < -0.39 is 6.04 Å². The van der Waals surface area contributed by atoms with Gasteiger partial charge in [0.05, 0.1) is 7.11 Å². The first kappa shape index (κ1) is 25.4. The Morgan fingerprint density at radius 2 is 1.79 bits per heavy atom. The fourth-order valence-corrected chi connectivity index (χ4v) is 4.97. The summed E-state index contributed by atoms with van der Waals surface area (Å²) in [6.45, 7) is 2.22. The lowest BCUT2D eigenvalue weighted by Gasteiger charge is -2.30. The van der Waals surface area contributed by atoms with Gasteiger partial charge in [-0.3, -0.25) is 9.59 Å². The largest absolute Gasteiger partial charge is 0.497 e. The van der Waals surface area contributed by atoms with Crippen LogP contribution in [0.5, 0.6) is 5.75 Å². The highest BCUT2D eigenvalue weighted by Crippen LogP contribution is 2.23. The smallest absolute Gasteiger partial charge is 0.242 e. The van der Waals surface area contributed by atoms with Gasteiger partial charge in [-0.25, -0.2) is 0 Å². The highest BCUT2D eigenvalue weighted by Gasteiger charge is 2.28. The summed E-state index contributed by atoms with van der Waals surface area (Å²) >= 11 is 7.65. The average molecular weight is 489 g/mol. The van der Waals surface area contributed by atoms with E-state index in [0.717, 1.165) is 54.1 Å². The van der Waals surface area contributed by atoms with Crippen molar-refractivity contribution in [3.05, 3.63) is 59.1 Å². The predicted molar refractivity (Wildman–Crippen MR) is 135 cm³/mol. The van der Waals surface area contributed by atoms with Gasteiger partial charge in [-0.15, -0.1) is 11.8 Å². The Labute approximate surface area is 206 Å². The van der Waals surface area contributed by atoms with Gasteiger partial charge >= 0.3 is 0 Å². The highest BCUT2D eigenvalue weighted by atomic mass is 35.5. The first-order chi connectivity index (χ1) is 16.0. The number of nitrogens with zero attached hydrogens (tertiary/aromatic N) is 1. The lowest BCUT2D eigenvalue weighted by molar-refractivity contribution is -0.140. The molecule has 1 atom stereocenters. The zero-order valence-corrected chi connectivity index (χ0v) is 21.0. The van der Waals surface area contributed by atoms with Crippen LogP contribution in [0.3, 0.4) is 0 Å². The number of nitrogens with one attached hydrogen (secondary N) is 1. The normalized spacial score (nSPS) is 14.6. The van der Waals surface area contributed by atoms with Crippen LogP contribution >= 0.6 is 23.4 Å². The van der Waals surface area contributed by atoms with E-state index >= 15 is 0 Å². The van der Waals surface area contributed by atoms with Gasteiger partial charge < -0.3 is 15.0 Å². The maximum absolute atomic E-state index is 13.2. The number of hydrogen-bond donors (Lipinski definition) is 1. The number of halogens is 1. The number of rotatable bonds is 11. The van der Waals surface area contributed by atoms with Crippen molar-refractivity contribution < 1.29 is 14.3 Å². The number of methoxy groups -OCH3 is 1. The summed E-state index contributed by atoms with van der Waals surface area (Å²) in [5, 5.41) is 3.86. The van der Waals surface area contributed by atoms with Crippen LogP contribution in [0, 0.1) is 0 Å². The molecule has 1 N–H and O–H groups in total. The minimum atomic E-state index is -0.524. The lowest BCUT2D eigenvalue weighted by atomic mass is 10.1. The van der Waals surface area contributed by atoms with Crippen molar-refractivity contribution in [1.29, 1.82) is 0 Å². The average Bonchev–Trinajstić information content (AvgIpc) is 3.34. The summed E-state index contributed by atoms with van der Waals surface area (Å²) in [7, 11) is 1.63. The number of carbonyl (C=O) groups excluding carboxylic acids is 2. The van der Waals surface area contributed by atoms with Crippen LogP contribution in [0.25, 0.3) is 0 Å². The molecule has 0 radical (unpaired) electrons. The minimum absolute atomic E-state index is 0.00315. The molecule has 1 fully saturated rings. The molecule has 0 heterocycles. The van der Waals surface area contributed by atoms with E-state index in [0.29, 0.717) is 18.0 Å². The van der Waals surface area contributed by atoms with Crippen molar-refractivity contribution in [1.82, 2.24) is 10.2 Å². The Kier molecular flexibility index (Phi) is 9.95. The molecule has 0 aliphatic heterocycles. The number of benzene rings is 2. The van der Waals surface area contributed by atoms with E-state index in [4.69, 9.17) is 16.3 Å². The van der Waals surface area contributed by atoms with Crippen LogP contribution in [0.15, 0.2) is 53.4 Å². The molecule has 0 bridgehead atoms. The Hall–Kier alpha value is -2.18. The maximum Gasteiger partial charge on any atom is 0.242 e. The van der Waals surface area contributed by atoms with E-state index in [9.17, 15) is 9.59 Å². The molecule has 2 aromatic rings. The molecule has 0 aromatic heterocycles. The number of hydrogen-bond acceptors (Lipinski definition) is 4. The van der Waals surface area contributed by atoms with Crippen LogP contribution in [-0.2, 0) is 16.1 Å². The number of carbonyl (C=O) groups is 2. The maximum atomic E-state index is 13.2. The summed E-state index contributed by atoms with van der Waals surface area (Å²) in [5.41, 5.74) is 0.972. The Balaban J connectivity index is 1.60. The van der Waals surface area contributed by atoms with Crippen LogP contribution in [0.4, 0.5) is 0 Å². The number of thioether (sulfide) groups is 1. The third-order valence-corrected chi connectivity index (χ3v) is 7.35. The molecule has 2 aromatic carbocycles. The second-order valence-electron chi connectivity index (χ2n) is 8.44. The van der Waals surface area contributed by atoms with E-state index in [2.05, 4.69) is 5.32 Å². The van der Waals surface area contributed by atoms with E-state index in [1.807, 2.05) is 55.5 Å². The summed E-state index contributed by atoms with van der Waals surface area (Å²) < 4.78 is 5.24. The van der Waals surface area contributed by atoms with Gasteiger partial charge in [-0.1, -0.05) is 36.6 Å². The fraction of sp³-hybridized carbons (Fsp3) is 0.462. The first-order valence-electron chi connectivity index (χ1n) is 11.6. The Morgan fingerprint density at radius 1 is 1.12 bits per heavy atom. The molecule has 178 valence electrons. The summed E-state index contributed by atoms with van der Waals surface area (Å²) in [4.78, 5) is 29.0. The molecule has 3 rings (SSSR count). The third kappa shape index (κ3) is 7.97. The van der Waals surface area contributed by atoms with Crippen molar-refractivity contribution in [3.63, 3.8) is 0 Å². The first-order valence-corrected chi connectivity index (χ1v) is 12.9. The topological polar surface area (TPSA) is 58.6 Å². The summed E-state index contributed by atoms with van der Waals surface area (Å²) in [6.07, 6.45) is 5.48. The second-order valence-corrected chi connectivity index (χ2v) is 10.0. The lowest BCUT2D eigenvalue weighted by Crippen LogP contribution is -2.49. The van der Waals surface area contributed by atoms with Gasteiger partial charge in [-0.05, 0) is 73.9 Å². The monoisotopic (exact) mass is 488 g/mol. The zero-order valence-electron chi connectivity index (χ0n) is 19.4. The molecule has 2 amide bonds. The Morgan fingerprint density at radius 3 is 2.42 bits per heavy atom. The van der Waals surface area contributed by atoms with Gasteiger partial charge in [0.1, 0.15) is 11.8 Å². The van der Waals surface area contributed by atoms with E-state index in [1.165, 1.54) is 0 Å². The third-order valence-electron chi connectivity index (χ3n) is 6.00. The van der Waals surface area contributed by atoms with Gasteiger partial charge in [-0.2, -0.15) is 0 Å². The van der Waals surface area contributed by atoms with Gasteiger partial charge in [0, 0.05) is 28.9 Å². The van der Waals surface area contributed by atoms with Crippen molar-refractivity contribution >= 4 is 35.2 Å². The van der Waals surface area contributed by atoms with Gasteiger partial charge in [0.25, 0.3) is 0 Å². The van der Waals surface area contributed by atoms with Crippen LogP contribution in [0.1, 0.15) is 51.0 Å². The molecule has 7 heteroatoms. The van der Waals surface area contributed by atoms with Crippen molar-refractivity contribution in [2.45, 2.75) is 69.0 Å². The van der Waals surface area contributed by atoms with Crippen molar-refractivity contribution in [2.24, 2.45) is 0 Å². The molecular formula is C26H33ClN2O3S. The minimum Gasteiger partial charge on any atom is -0.497 e. The molecule has 0 spiro atoms. The van der Waals surface area contributed by atoms with E-state index in [1.54, 1.807) is 23.8 Å². The van der Waals surface area contributed by atoms with E-state index in [-0.39, 0.29) is 17.9 Å². The van der Waals surface area contributed by atoms with Gasteiger partial charge in [0.2, 0.25) is 11.8 Å². The molecule has 0 saturated heterocycles. The molecule has 5 nitrogen and oxygen atoms in total. The molecule has 33 heavy (non-hydrogen) atoms. The van der Waals surface area contributed by atoms with Crippen molar-refractivity contribution in [3.8, 4) is 5.75 Å². The standard InChI is InChI=1S/C26H33ClN2O3S/c1-19(26(31)28-22-6-3-4-7-22)29(18-20-9-13-23(32-2)14-10-20)25(30)8-5-17-33-24-15-11-21(27)12-16-24/h9-16,19,22H,3-8,17-18H2,1-2H3,(H,28,31)/t19-/m0/s1. The summed E-state index contributed by atoms with van der Waals surface area (Å²) in [5.74, 6) is 1.52. The molecule has 0 unspecified atom stereocenters. The SMILES string of the molecule is COc1ccc(CN(C(=O)CCCSc2ccc(Cl)cc2)[C@@H](C)C(=O)NC2CCCC2)cc1. The molecule has 1 aliphatic rings. The number of amides is 2. The van der Waals surface area contributed by atoms with Crippen LogP contribution < -0.4 is 10.1 Å². The zero-order chi connectivity index (χ0) is 23.6. The predicted octanol–water partition coefficient (Wildman–Crippen LogP) is 5.70. The fourth-order valence-electron chi connectivity index (χ4n) is 3.99. The summed E-state index contributed by atoms with van der Waals surface area (Å²) in [6, 6.07) is 15.1.